The van der Waals surface area contributed by atoms with Gasteiger partial charge in [0.05, 0.1) is 18.8 Å². The van der Waals surface area contributed by atoms with Crippen LogP contribution in [0.3, 0.4) is 0 Å². The number of nitrogen functional groups attached to an aromatic ring is 2. The molecule has 2 aliphatic heterocycles. The highest BCUT2D eigenvalue weighted by Crippen LogP contribution is 2.26. The maximum absolute atomic E-state index is 13.2. The molecule has 3 heterocycles. The molecule has 5 rings (SSSR count). The van der Waals surface area contributed by atoms with Gasteiger partial charge in [0.25, 0.3) is 5.91 Å². The van der Waals surface area contributed by atoms with Crippen LogP contribution in [0.2, 0.25) is 5.15 Å². The van der Waals surface area contributed by atoms with Gasteiger partial charge in [-0.2, -0.15) is 4.99 Å². The average Bonchev–Trinajstić information content (AvgIpc) is 3.45. The molecule has 2 fully saturated rings. The van der Waals surface area contributed by atoms with Crippen LogP contribution in [0, 0.1) is 0 Å². The minimum absolute atomic E-state index is 0.0420. The summed E-state index contributed by atoms with van der Waals surface area (Å²) >= 11 is 5.88. The highest BCUT2D eigenvalue weighted by molar-refractivity contribution is 6.31. The molecule has 1 spiro atoms. The number of carbonyl (C=O) groups excluding carboxylic acids is 2. The van der Waals surface area contributed by atoms with Crippen LogP contribution < -0.4 is 31.6 Å². The summed E-state index contributed by atoms with van der Waals surface area (Å²) in [6, 6.07) is 14.8. The number of nitrogens with two attached hydrogens (primary N) is 2. The number of aliphatic hydroxyl groups excluding tert-OH is 2. The number of nitrogens with one attached hydrogen (secondary N) is 2. The van der Waals surface area contributed by atoms with E-state index in [2.05, 4.69) is 25.6 Å². The number of amides is 2. The molecule has 3 aromatic rings. The van der Waals surface area contributed by atoms with Crippen LogP contribution in [-0.4, -0.2) is 94.0 Å². The first-order valence-corrected chi connectivity index (χ1v) is 15.3. The molecule has 14 nitrogen and oxygen atoms in total. The van der Waals surface area contributed by atoms with Crippen molar-refractivity contribution >= 4 is 41.0 Å². The molecule has 46 heavy (non-hydrogen) atoms. The first-order chi connectivity index (χ1) is 22.1. The molecule has 2 saturated heterocycles. The van der Waals surface area contributed by atoms with Gasteiger partial charge in [-0.25, -0.2) is 9.97 Å². The smallest absolute Gasteiger partial charge is 0.302 e. The minimum Gasteiger partial charge on any atom is -0.494 e. The van der Waals surface area contributed by atoms with Crippen molar-refractivity contribution in [3.8, 4) is 11.5 Å². The van der Waals surface area contributed by atoms with E-state index in [0.29, 0.717) is 62.1 Å². The number of aliphatic hydroxyl groups is 2. The Morgan fingerprint density at radius 1 is 1.02 bits per heavy atom. The summed E-state index contributed by atoms with van der Waals surface area (Å²) in [4.78, 5) is 39.4. The van der Waals surface area contributed by atoms with E-state index in [9.17, 15) is 14.7 Å². The highest BCUT2D eigenvalue weighted by Gasteiger charge is 2.41. The molecule has 2 aromatic carbocycles. The molecule has 0 unspecified atom stereocenters. The van der Waals surface area contributed by atoms with Crippen LogP contribution in [0.15, 0.2) is 53.5 Å². The number of carbonyl (C=O) groups is 2. The number of benzene rings is 2. The molecule has 244 valence electrons. The number of aryl methyl sites for hydroxylation is 1. The molecule has 15 heteroatoms. The summed E-state index contributed by atoms with van der Waals surface area (Å²) in [5, 5.41) is 24.6. The van der Waals surface area contributed by atoms with Crippen molar-refractivity contribution in [2.75, 3.05) is 50.9 Å². The van der Waals surface area contributed by atoms with Gasteiger partial charge in [0, 0.05) is 25.2 Å². The van der Waals surface area contributed by atoms with Crippen LogP contribution in [0.1, 0.15) is 45.7 Å². The van der Waals surface area contributed by atoms with Gasteiger partial charge in [0.2, 0.25) is 0 Å². The number of hydrogen-bond donors (Lipinski definition) is 6. The SMILES string of the molecule is Nc1nc(N)c(C(=O)/N=C2\NCC3(CCN(C(=O)c4ccc(OCCCc5ccc(OC[C@@H](O)CO)cc5)cc4)CC3)N2)nc1Cl. The topological polar surface area (TPSA) is 211 Å². The zero-order chi connectivity index (χ0) is 32.7. The third kappa shape index (κ3) is 8.13. The summed E-state index contributed by atoms with van der Waals surface area (Å²) in [7, 11) is 0. The Kier molecular flexibility index (Phi) is 10.4. The van der Waals surface area contributed by atoms with E-state index >= 15 is 0 Å². The number of rotatable bonds is 11. The van der Waals surface area contributed by atoms with E-state index in [1.807, 2.05) is 29.2 Å². The van der Waals surface area contributed by atoms with Crippen molar-refractivity contribution in [2.45, 2.75) is 37.3 Å². The normalized spacial score (nSPS) is 16.9. The molecule has 0 radical (unpaired) electrons. The van der Waals surface area contributed by atoms with Crippen LogP contribution in [-0.2, 0) is 6.42 Å². The van der Waals surface area contributed by atoms with Crippen LogP contribution in [0.5, 0.6) is 11.5 Å². The Labute approximate surface area is 270 Å². The summed E-state index contributed by atoms with van der Waals surface area (Å²) in [6.07, 6.45) is 2.06. The fourth-order valence-corrected chi connectivity index (χ4v) is 5.32. The second-order valence-electron chi connectivity index (χ2n) is 11.2. The Bertz CT molecular complexity index is 1560. The fourth-order valence-electron chi connectivity index (χ4n) is 5.19. The predicted octanol–water partition coefficient (Wildman–Crippen LogP) is 1.40. The number of ether oxygens (including phenoxy) is 2. The molecule has 1 aromatic heterocycles. The van der Waals surface area contributed by atoms with Gasteiger partial charge in [-0.3, -0.25) is 9.59 Å². The van der Waals surface area contributed by atoms with Crippen molar-refractivity contribution in [2.24, 2.45) is 4.99 Å². The first kappa shape index (κ1) is 32.7. The second-order valence-corrected chi connectivity index (χ2v) is 11.6. The number of halogens is 1. The largest absolute Gasteiger partial charge is 0.494 e. The maximum Gasteiger partial charge on any atom is 0.302 e. The summed E-state index contributed by atoms with van der Waals surface area (Å²) in [6.45, 7) is 1.85. The molecule has 0 bridgehead atoms. The monoisotopic (exact) mass is 652 g/mol. The standard InChI is InChI=1S/C31H37ClN8O6/c32-25-27(34)37-26(33)24(36-25)28(43)38-30-35-18-31(39-30)11-13-40(14-12-31)29(44)20-5-9-22(10-6-20)45-15-1-2-19-3-7-23(8-4-19)46-17-21(42)16-41/h3-10,21,41-42H,1-2,11-18H2,(H4,33,34,37)(H2,35,38,39,43)/t21-/m0/s1. The number of piperidine rings is 1. The number of hydrogen-bond acceptors (Lipinski definition) is 10. The van der Waals surface area contributed by atoms with Gasteiger partial charge in [-0.15, -0.1) is 0 Å². The lowest BCUT2D eigenvalue weighted by atomic mass is 9.88. The predicted molar refractivity (Wildman–Crippen MR) is 172 cm³/mol. The lowest BCUT2D eigenvalue weighted by Crippen LogP contribution is -2.53. The third-order valence-corrected chi connectivity index (χ3v) is 8.14. The molecule has 0 aliphatic carbocycles. The average molecular weight is 653 g/mol. The van der Waals surface area contributed by atoms with Gasteiger partial charge >= 0.3 is 5.91 Å². The minimum atomic E-state index is -0.898. The molecule has 2 amide bonds. The number of likely N-dealkylation sites (tertiary alicyclic amines) is 1. The Balaban J connectivity index is 1.04. The fraction of sp³-hybridized carbons (Fsp3) is 0.387. The molecule has 2 aliphatic rings. The lowest BCUT2D eigenvalue weighted by molar-refractivity contribution is 0.0536. The summed E-state index contributed by atoms with van der Waals surface area (Å²) in [5.41, 5.74) is 12.5. The van der Waals surface area contributed by atoms with Crippen LogP contribution in [0.4, 0.5) is 11.6 Å². The van der Waals surface area contributed by atoms with Crippen molar-refractivity contribution in [3.63, 3.8) is 0 Å². The zero-order valence-corrected chi connectivity index (χ0v) is 25.9. The molecule has 0 saturated carbocycles. The third-order valence-electron chi connectivity index (χ3n) is 7.86. The van der Waals surface area contributed by atoms with E-state index in [4.69, 9.17) is 37.6 Å². The number of aliphatic imine (C=N–C) groups is 1. The second kappa shape index (κ2) is 14.6. The van der Waals surface area contributed by atoms with Gasteiger partial charge in [-0.05, 0) is 67.6 Å². The summed E-state index contributed by atoms with van der Waals surface area (Å²) < 4.78 is 11.3. The van der Waals surface area contributed by atoms with Crippen LogP contribution >= 0.6 is 11.6 Å². The molecular formula is C31H37ClN8O6. The number of anilines is 2. The van der Waals surface area contributed by atoms with Crippen LogP contribution in [0.25, 0.3) is 0 Å². The maximum atomic E-state index is 13.2. The Hall–Kier alpha value is -4.66. The number of aromatic nitrogens is 2. The lowest BCUT2D eigenvalue weighted by Gasteiger charge is -2.38. The van der Waals surface area contributed by atoms with Gasteiger partial charge in [0.15, 0.2) is 28.4 Å². The number of guanidine groups is 1. The molecular weight excluding hydrogens is 616 g/mol. The van der Waals surface area contributed by atoms with Crippen molar-refractivity contribution in [1.29, 1.82) is 0 Å². The van der Waals surface area contributed by atoms with E-state index in [0.717, 1.165) is 18.4 Å². The molecule has 8 N–H and O–H groups in total. The van der Waals surface area contributed by atoms with Gasteiger partial charge in [0.1, 0.15) is 24.2 Å². The Morgan fingerprint density at radius 2 is 1.70 bits per heavy atom. The van der Waals surface area contributed by atoms with Gasteiger partial charge in [-0.1, -0.05) is 23.7 Å². The number of nitrogens with zero attached hydrogens (tertiary/aromatic N) is 4. The molecule has 1 atom stereocenters. The summed E-state index contributed by atoms with van der Waals surface area (Å²) in [5.74, 6) is 0.653. The Morgan fingerprint density at radius 3 is 2.39 bits per heavy atom. The quantitative estimate of drug-likeness (QED) is 0.162. The van der Waals surface area contributed by atoms with Crippen molar-refractivity contribution < 1.29 is 29.3 Å². The highest BCUT2D eigenvalue weighted by atomic mass is 35.5. The first-order valence-electron chi connectivity index (χ1n) is 14.9. The van der Waals surface area contributed by atoms with E-state index in [1.165, 1.54) is 0 Å². The zero-order valence-electron chi connectivity index (χ0n) is 25.1. The van der Waals surface area contributed by atoms with Gasteiger partial charge < -0.3 is 46.7 Å². The van der Waals surface area contributed by atoms with E-state index in [-0.39, 0.29) is 47.1 Å². The van der Waals surface area contributed by atoms with Crippen molar-refractivity contribution in [1.82, 2.24) is 25.5 Å². The van der Waals surface area contributed by atoms with E-state index < -0.39 is 12.0 Å². The van der Waals surface area contributed by atoms with E-state index in [1.54, 1.807) is 24.3 Å². The van der Waals surface area contributed by atoms with Crippen molar-refractivity contribution in [3.05, 3.63) is 70.5 Å².